The highest BCUT2D eigenvalue weighted by Gasteiger charge is 2.36. The molecule has 2 heterocycles. The van der Waals surface area contributed by atoms with E-state index in [0.29, 0.717) is 44.6 Å². The molecule has 2 aromatic carbocycles. The predicted octanol–water partition coefficient (Wildman–Crippen LogP) is 4.78. The highest BCUT2D eigenvalue weighted by atomic mass is 32.2. The monoisotopic (exact) mass is 694 g/mol. The molecular formula is C32H46N4O7S3. The van der Waals surface area contributed by atoms with Crippen LogP contribution >= 0.6 is 0 Å². The molecule has 5 rings (SSSR count). The minimum absolute atomic E-state index is 0.0551. The van der Waals surface area contributed by atoms with Gasteiger partial charge in [-0.2, -0.15) is 12.9 Å². The van der Waals surface area contributed by atoms with E-state index >= 15 is 0 Å². The zero-order chi connectivity index (χ0) is 33.0. The van der Waals surface area contributed by atoms with Crippen molar-refractivity contribution in [3.05, 3.63) is 48.5 Å². The lowest BCUT2D eigenvalue weighted by molar-refractivity contribution is -0.116. The van der Waals surface area contributed by atoms with Crippen LogP contribution in [0, 0.1) is 0 Å². The molecule has 2 aliphatic heterocycles. The third-order valence-electron chi connectivity index (χ3n) is 9.45. The second-order valence-electron chi connectivity index (χ2n) is 12.5. The van der Waals surface area contributed by atoms with Gasteiger partial charge in [-0.05, 0) is 93.5 Å². The van der Waals surface area contributed by atoms with Crippen LogP contribution in [0.5, 0.6) is 0 Å². The molecular weight excluding hydrogens is 649 g/mol. The minimum Gasteiger partial charge on any atom is -0.325 e. The Morgan fingerprint density at radius 2 is 1.22 bits per heavy atom. The Morgan fingerprint density at radius 1 is 0.696 bits per heavy atom. The van der Waals surface area contributed by atoms with Gasteiger partial charge in [0.2, 0.25) is 36.0 Å². The molecule has 14 heteroatoms. The molecule has 0 unspecified atom stereocenters. The summed E-state index contributed by atoms with van der Waals surface area (Å²) in [4.78, 5) is 13.4. The van der Waals surface area contributed by atoms with Gasteiger partial charge in [0.05, 0.1) is 21.2 Å². The SMILES string of the molecule is CC[C@H]1CCCCN1S(=O)(=O)c1ccc(S(=O)(=O)N(CC(=O)Nc2ccc(S(=O)(=O)N3CCCCC3)cc2)C2CCCCC2)cc1. The van der Waals surface area contributed by atoms with Crippen molar-refractivity contribution in [2.24, 2.45) is 0 Å². The van der Waals surface area contributed by atoms with Gasteiger partial charge in [-0.1, -0.05) is 39.0 Å². The fraction of sp³-hybridized carbons (Fsp3) is 0.594. The van der Waals surface area contributed by atoms with Gasteiger partial charge in [-0.15, -0.1) is 0 Å². The molecule has 46 heavy (non-hydrogen) atoms. The number of benzene rings is 2. The van der Waals surface area contributed by atoms with E-state index < -0.39 is 42.5 Å². The summed E-state index contributed by atoms with van der Waals surface area (Å²) in [6, 6.07) is 10.8. The fourth-order valence-corrected chi connectivity index (χ4v) is 11.8. The quantitative estimate of drug-likeness (QED) is 0.357. The van der Waals surface area contributed by atoms with Crippen molar-refractivity contribution < 1.29 is 30.0 Å². The average Bonchev–Trinajstić information content (AvgIpc) is 3.08. The summed E-state index contributed by atoms with van der Waals surface area (Å²) < 4.78 is 85.2. The predicted molar refractivity (Wildman–Crippen MR) is 177 cm³/mol. The third-order valence-corrected chi connectivity index (χ3v) is 15.2. The Bertz CT molecular complexity index is 1670. The Morgan fingerprint density at radius 3 is 1.85 bits per heavy atom. The highest BCUT2D eigenvalue weighted by molar-refractivity contribution is 7.89. The second kappa shape index (κ2) is 14.8. The van der Waals surface area contributed by atoms with E-state index in [1.165, 1.54) is 61.4 Å². The van der Waals surface area contributed by atoms with Crippen LogP contribution in [0.25, 0.3) is 0 Å². The number of hydrogen-bond donors (Lipinski definition) is 1. The van der Waals surface area contributed by atoms with Crippen molar-refractivity contribution in [3.63, 3.8) is 0 Å². The first-order chi connectivity index (χ1) is 21.9. The zero-order valence-electron chi connectivity index (χ0n) is 26.5. The number of sulfonamides is 3. The summed E-state index contributed by atoms with van der Waals surface area (Å²) in [5.74, 6) is -0.546. The Hall–Kier alpha value is -2.36. The number of amides is 1. The lowest BCUT2D eigenvalue weighted by Crippen LogP contribution is -2.45. The number of nitrogens with zero attached hydrogens (tertiary/aromatic N) is 3. The highest BCUT2D eigenvalue weighted by Crippen LogP contribution is 2.31. The van der Waals surface area contributed by atoms with Crippen molar-refractivity contribution in [3.8, 4) is 0 Å². The van der Waals surface area contributed by atoms with E-state index in [0.717, 1.165) is 57.8 Å². The van der Waals surface area contributed by atoms with Crippen molar-refractivity contribution >= 4 is 41.7 Å². The van der Waals surface area contributed by atoms with Gasteiger partial charge < -0.3 is 5.32 Å². The summed E-state index contributed by atoms with van der Waals surface area (Å²) in [6.45, 7) is 2.97. The van der Waals surface area contributed by atoms with E-state index in [4.69, 9.17) is 0 Å². The third kappa shape index (κ3) is 7.68. The smallest absolute Gasteiger partial charge is 0.243 e. The maximum atomic E-state index is 14.0. The minimum atomic E-state index is -4.15. The second-order valence-corrected chi connectivity index (χ2v) is 18.2. The van der Waals surface area contributed by atoms with Crippen LogP contribution in [0.4, 0.5) is 5.69 Å². The average molecular weight is 695 g/mol. The summed E-state index contributed by atoms with van der Waals surface area (Å²) in [6.07, 6.45) is 9.89. The first-order valence-corrected chi connectivity index (χ1v) is 20.8. The number of carbonyl (C=O) groups is 1. The van der Waals surface area contributed by atoms with E-state index in [1.807, 2.05) is 6.92 Å². The van der Waals surface area contributed by atoms with E-state index in [-0.39, 0.29) is 26.8 Å². The lowest BCUT2D eigenvalue weighted by Gasteiger charge is -2.34. The zero-order valence-corrected chi connectivity index (χ0v) is 29.0. The maximum absolute atomic E-state index is 14.0. The van der Waals surface area contributed by atoms with E-state index in [1.54, 1.807) is 0 Å². The molecule has 1 aliphatic carbocycles. The van der Waals surface area contributed by atoms with Gasteiger partial charge in [-0.3, -0.25) is 4.79 Å². The first kappa shape index (κ1) is 35.0. The molecule has 3 aliphatic rings. The summed E-state index contributed by atoms with van der Waals surface area (Å²) in [5.41, 5.74) is 0.362. The van der Waals surface area contributed by atoms with Gasteiger partial charge in [0.1, 0.15) is 0 Å². The maximum Gasteiger partial charge on any atom is 0.243 e. The molecule has 254 valence electrons. The lowest BCUT2D eigenvalue weighted by atomic mass is 9.95. The largest absolute Gasteiger partial charge is 0.325 e. The van der Waals surface area contributed by atoms with E-state index in [2.05, 4.69) is 5.32 Å². The number of carbonyl (C=O) groups excluding carboxylic acids is 1. The molecule has 1 atom stereocenters. The molecule has 2 aromatic rings. The van der Waals surface area contributed by atoms with Crippen LogP contribution in [-0.2, 0) is 34.9 Å². The standard InChI is InChI=1S/C32H46N4O7S3/c1-2-27-11-7-10-24-35(27)45(40,41)30-18-20-31(21-19-30)46(42,43)36(28-12-5-3-6-13-28)25-32(37)33-26-14-16-29(17-15-26)44(38,39)34-22-8-4-9-23-34/h14-21,27-28H,2-13,22-25H2,1H3,(H,33,37)/t27-/m0/s1. The fourth-order valence-electron chi connectivity index (χ4n) is 6.84. The molecule has 0 spiro atoms. The molecule has 3 fully saturated rings. The molecule has 0 radical (unpaired) electrons. The van der Waals surface area contributed by atoms with Gasteiger partial charge in [0.15, 0.2) is 0 Å². The molecule has 2 saturated heterocycles. The molecule has 1 saturated carbocycles. The van der Waals surface area contributed by atoms with E-state index in [9.17, 15) is 30.0 Å². The van der Waals surface area contributed by atoms with Crippen LogP contribution in [0.1, 0.15) is 84.0 Å². The van der Waals surface area contributed by atoms with Crippen molar-refractivity contribution in [1.29, 1.82) is 0 Å². The van der Waals surface area contributed by atoms with Crippen molar-refractivity contribution in [2.75, 3.05) is 31.5 Å². The number of hydrogen-bond acceptors (Lipinski definition) is 7. The Labute approximate surface area is 274 Å². The molecule has 0 aromatic heterocycles. The Kier molecular flexibility index (Phi) is 11.3. The molecule has 0 bridgehead atoms. The van der Waals surface area contributed by atoms with Crippen LogP contribution < -0.4 is 5.32 Å². The van der Waals surface area contributed by atoms with Gasteiger partial charge >= 0.3 is 0 Å². The molecule has 11 nitrogen and oxygen atoms in total. The van der Waals surface area contributed by atoms with Crippen LogP contribution in [-0.4, -0.2) is 82.3 Å². The first-order valence-electron chi connectivity index (χ1n) is 16.5. The van der Waals surface area contributed by atoms with Gasteiger partial charge in [0, 0.05) is 37.4 Å². The van der Waals surface area contributed by atoms with Crippen molar-refractivity contribution in [2.45, 2.75) is 111 Å². The number of rotatable bonds is 11. The Balaban J connectivity index is 1.32. The van der Waals surface area contributed by atoms with Crippen LogP contribution in [0.15, 0.2) is 63.2 Å². The van der Waals surface area contributed by atoms with Crippen molar-refractivity contribution in [1.82, 2.24) is 12.9 Å². The summed E-state index contributed by atoms with van der Waals surface area (Å²) >= 11 is 0. The normalized spacial score (nSPS) is 21.3. The number of nitrogens with one attached hydrogen (secondary N) is 1. The molecule has 1 N–H and O–H groups in total. The molecule has 1 amide bonds. The van der Waals surface area contributed by atoms with Crippen LogP contribution in [0.2, 0.25) is 0 Å². The number of piperidine rings is 2. The van der Waals surface area contributed by atoms with Gasteiger partial charge in [0.25, 0.3) is 0 Å². The topological polar surface area (TPSA) is 141 Å². The summed E-state index contributed by atoms with van der Waals surface area (Å²) in [7, 11) is -11.5. The van der Waals surface area contributed by atoms with Gasteiger partial charge in [-0.25, -0.2) is 25.3 Å². The summed E-state index contributed by atoms with van der Waals surface area (Å²) in [5, 5.41) is 2.73. The number of anilines is 1. The van der Waals surface area contributed by atoms with Crippen LogP contribution in [0.3, 0.4) is 0 Å².